The number of aromatic hydroxyl groups is 1. The van der Waals surface area contributed by atoms with Crippen molar-refractivity contribution in [2.24, 2.45) is 0 Å². The third-order valence-electron chi connectivity index (χ3n) is 2.16. The Morgan fingerprint density at radius 1 is 0.750 bits per heavy atom. The van der Waals surface area contributed by atoms with E-state index in [4.69, 9.17) is 5.11 Å². The zero-order valence-corrected chi connectivity index (χ0v) is 12.4. The molecular weight excluding hydrogens is 223 g/mol. The summed E-state index contributed by atoms with van der Waals surface area (Å²) in [6.45, 7) is 0. The Morgan fingerprint density at radius 2 is 1.25 bits per heavy atom. The molecule has 0 radical (unpaired) electrons. The summed E-state index contributed by atoms with van der Waals surface area (Å²) in [4.78, 5) is 0. The second-order valence-electron chi connectivity index (χ2n) is 3.34. The van der Waals surface area contributed by atoms with Gasteiger partial charge >= 0.3 is 51.4 Å². The van der Waals surface area contributed by atoms with Gasteiger partial charge in [0.2, 0.25) is 0 Å². The first kappa shape index (κ1) is 13.7. The number of rotatable bonds is 2. The summed E-state index contributed by atoms with van der Waals surface area (Å²) in [5, 5.41) is 9.12. The molecule has 0 heterocycles. The van der Waals surface area contributed by atoms with Gasteiger partial charge in [0, 0.05) is 0 Å². The number of phenols is 1. The normalized spacial score (nSPS) is 10.0. The van der Waals surface area contributed by atoms with Crippen LogP contribution in [-0.4, -0.2) is 5.11 Å². The van der Waals surface area contributed by atoms with Crippen molar-refractivity contribution in [3.8, 4) is 5.75 Å². The molecule has 16 heavy (non-hydrogen) atoms. The van der Waals surface area contributed by atoms with Gasteiger partial charge in [-0.15, -0.1) is 0 Å². The van der Waals surface area contributed by atoms with Crippen molar-refractivity contribution in [3.63, 3.8) is 0 Å². The number of hydrogen-bond acceptors (Lipinski definition) is 1. The standard InChI is InChI=1S/C14H12O.K.H/c15-14-10-8-13(9-11-14)7-6-12-4-2-1-3-5-12;;/h1-11,15H;;/q;+1;-1. The van der Waals surface area contributed by atoms with Crippen molar-refractivity contribution < 1.29 is 57.9 Å². The van der Waals surface area contributed by atoms with E-state index >= 15 is 0 Å². The minimum Gasteiger partial charge on any atom is -1.00 e. The van der Waals surface area contributed by atoms with Crippen LogP contribution in [0, 0.1) is 0 Å². The van der Waals surface area contributed by atoms with Crippen molar-refractivity contribution in [2.75, 3.05) is 0 Å². The van der Waals surface area contributed by atoms with Gasteiger partial charge in [0.15, 0.2) is 0 Å². The van der Waals surface area contributed by atoms with Crippen molar-refractivity contribution in [3.05, 3.63) is 65.7 Å². The Balaban J connectivity index is 0.00000128. The molecule has 0 fully saturated rings. The van der Waals surface area contributed by atoms with E-state index in [1.807, 2.05) is 42.5 Å². The average molecular weight is 236 g/mol. The molecule has 2 heteroatoms. The second kappa shape index (κ2) is 7.04. The van der Waals surface area contributed by atoms with E-state index < -0.39 is 0 Å². The maximum absolute atomic E-state index is 9.12. The zero-order valence-electron chi connectivity index (χ0n) is 10.3. The summed E-state index contributed by atoms with van der Waals surface area (Å²) in [5.41, 5.74) is 2.25. The van der Waals surface area contributed by atoms with E-state index in [1.165, 1.54) is 5.56 Å². The van der Waals surface area contributed by atoms with Crippen molar-refractivity contribution in [1.82, 2.24) is 0 Å². The fourth-order valence-electron chi connectivity index (χ4n) is 1.34. The summed E-state index contributed by atoms with van der Waals surface area (Å²) in [6.07, 6.45) is 4.07. The molecule has 0 unspecified atom stereocenters. The van der Waals surface area contributed by atoms with Gasteiger partial charge in [0.25, 0.3) is 0 Å². The molecule has 0 aliphatic rings. The van der Waals surface area contributed by atoms with E-state index in [-0.39, 0.29) is 52.8 Å². The van der Waals surface area contributed by atoms with Crippen LogP contribution in [0.2, 0.25) is 0 Å². The van der Waals surface area contributed by atoms with Crippen LogP contribution < -0.4 is 51.4 Å². The fourth-order valence-corrected chi connectivity index (χ4v) is 1.34. The fraction of sp³-hybridized carbons (Fsp3) is 0. The molecule has 0 spiro atoms. The summed E-state index contributed by atoms with van der Waals surface area (Å²) < 4.78 is 0. The molecule has 1 nitrogen and oxygen atoms in total. The number of phenolic OH excluding ortho intramolecular Hbond substituents is 1. The third-order valence-corrected chi connectivity index (χ3v) is 2.16. The van der Waals surface area contributed by atoms with Gasteiger partial charge in [-0.25, -0.2) is 0 Å². The van der Waals surface area contributed by atoms with E-state index in [1.54, 1.807) is 12.1 Å². The van der Waals surface area contributed by atoms with Crippen LogP contribution in [0.4, 0.5) is 0 Å². The largest absolute Gasteiger partial charge is 1.00 e. The van der Waals surface area contributed by atoms with Crippen molar-refractivity contribution in [1.29, 1.82) is 0 Å². The summed E-state index contributed by atoms with van der Waals surface area (Å²) in [5.74, 6) is 0.298. The van der Waals surface area contributed by atoms with E-state index in [0.29, 0.717) is 5.75 Å². The Hall–Kier alpha value is -0.384. The Labute approximate surface area is 140 Å². The molecular formula is C14H13KO. The van der Waals surface area contributed by atoms with E-state index in [2.05, 4.69) is 12.1 Å². The van der Waals surface area contributed by atoms with Crippen LogP contribution in [0.5, 0.6) is 5.75 Å². The summed E-state index contributed by atoms with van der Waals surface area (Å²) in [6, 6.07) is 17.3. The van der Waals surface area contributed by atoms with Gasteiger partial charge in [0.05, 0.1) is 0 Å². The zero-order chi connectivity index (χ0) is 10.5. The first-order valence-electron chi connectivity index (χ1n) is 4.87. The topological polar surface area (TPSA) is 20.2 Å². The molecule has 2 aromatic rings. The number of benzene rings is 2. The monoisotopic (exact) mass is 236 g/mol. The minimum atomic E-state index is 0. The number of hydrogen-bond donors (Lipinski definition) is 1. The predicted octanol–water partition coefficient (Wildman–Crippen LogP) is 0.679. The van der Waals surface area contributed by atoms with Gasteiger partial charge in [0.1, 0.15) is 5.75 Å². The van der Waals surface area contributed by atoms with Crippen LogP contribution in [0.3, 0.4) is 0 Å². The van der Waals surface area contributed by atoms with Gasteiger partial charge < -0.3 is 6.53 Å². The Morgan fingerprint density at radius 3 is 1.81 bits per heavy atom. The van der Waals surface area contributed by atoms with Crippen molar-refractivity contribution in [2.45, 2.75) is 0 Å². The van der Waals surface area contributed by atoms with Crippen molar-refractivity contribution >= 4 is 12.2 Å². The van der Waals surface area contributed by atoms with Gasteiger partial charge in [-0.1, -0.05) is 54.6 Å². The molecule has 2 rings (SSSR count). The first-order chi connectivity index (χ1) is 7.34. The molecule has 2 aromatic carbocycles. The van der Waals surface area contributed by atoms with Crippen LogP contribution in [0.15, 0.2) is 54.6 Å². The molecule has 0 bridgehead atoms. The molecule has 0 aliphatic heterocycles. The summed E-state index contributed by atoms with van der Waals surface area (Å²) >= 11 is 0. The SMILES string of the molecule is Oc1ccc(C=Cc2ccccc2)cc1.[H-].[K+]. The smallest absolute Gasteiger partial charge is 1.00 e. The quantitative estimate of drug-likeness (QED) is 0.600. The minimum absolute atomic E-state index is 0. The van der Waals surface area contributed by atoms with Crippen LogP contribution in [-0.2, 0) is 0 Å². The van der Waals surface area contributed by atoms with E-state index in [0.717, 1.165) is 5.56 Å². The van der Waals surface area contributed by atoms with Crippen LogP contribution in [0.25, 0.3) is 12.2 Å². The third kappa shape index (κ3) is 4.24. The molecule has 0 saturated heterocycles. The molecule has 1 N–H and O–H groups in total. The molecule has 76 valence electrons. The molecule has 0 saturated carbocycles. The molecule has 0 aromatic heterocycles. The van der Waals surface area contributed by atoms with Gasteiger partial charge in [-0.05, 0) is 23.3 Å². The van der Waals surface area contributed by atoms with Crippen LogP contribution in [0.1, 0.15) is 12.6 Å². The van der Waals surface area contributed by atoms with Gasteiger partial charge in [-0.2, -0.15) is 0 Å². The average Bonchev–Trinajstić information content (AvgIpc) is 2.30. The summed E-state index contributed by atoms with van der Waals surface area (Å²) in [7, 11) is 0. The van der Waals surface area contributed by atoms with E-state index in [9.17, 15) is 0 Å². The van der Waals surface area contributed by atoms with Gasteiger partial charge in [-0.3, -0.25) is 0 Å². The Bertz CT molecular complexity index is 451. The van der Waals surface area contributed by atoms with Crippen LogP contribution >= 0.6 is 0 Å². The first-order valence-corrected chi connectivity index (χ1v) is 4.87. The molecule has 0 atom stereocenters. The maximum atomic E-state index is 9.12. The Kier molecular flexibility index (Phi) is 6.02. The second-order valence-corrected chi connectivity index (χ2v) is 3.34. The maximum Gasteiger partial charge on any atom is 1.00 e. The predicted molar refractivity (Wildman–Crippen MR) is 64.6 cm³/mol. The molecule has 0 aliphatic carbocycles. The molecule has 0 amide bonds.